The molecule has 3 aromatic rings. The van der Waals surface area contributed by atoms with Gasteiger partial charge in [-0.2, -0.15) is 0 Å². The Kier molecular flexibility index (Phi) is 6.03. The molecule has 4 rings (SSSR count). The molecule has 0 bridgehead atoms. The Morgan fingerprint density at radius 2 is 2.00 bits per heavy atom. The van der Waals surface area contributed by atoms with E-state index in [0.29, 0.717) is 5.75 Å². The third kappa shape index (κ3) is 4.18. The lowest BCUT2D eigenvalue weighted by atomic mass is 9.98. The fourth-order valence-corrected chi connectivity index (χ4v) is 4.32. The van der Waals surface area contributed by atoms with Crippen molar-refractivity contribution >= 4 is 22.4 Å². The number of carbonyl (C=O) groups is 1. The Morgan fingerprint density at radius 3 is 2.74 bits per heavy atom. The lowest BCUT2D eigenvalue weighted by Crippen LogP contribution is -2.41. The summed E-state index contributed by atoms with van der Waals surface area (Å²) in [5.74, 6) is 1.54. The normalized spacial score (nSPS) is 17.1. The minimum absolute atomic E-state index is 0.0621. The third-order valence-corrected chi connectivity index (χ3v) is 6.13. The van der Waals surface area contributed by atoms with Crippen LogP contribution in [-0.2, 0) is 4.79 Å². The van der Waals surface area contributed by atoms with E-state index in [4.69, 9.17) is 13.9 Å². The predicted octanol–water partition coefficient (Wildman–Crippen LogP) is 5.92. The van der Waals surface area contributed by atoms with E-state index in [0.717, 1.165) is 58.4 Å². The highest BCUT2D eigenvalue weighted by molar-refractivity contribution is 6.00. The van der Waals surface area contributed by atoms with Crippen molar-refractivity contribution in [2.75, 3.05) is 20.8 Å². The van der Waals surface area contributed by atoms with Crippen molar-refractivity contribution in [3.8, 4) is 22.6 Å². The molecule has 0 radical (unpaired) electrons. The monoisotopic (exact) mass is 419 g/mol. The number of fused-ring (bicyclic) bond motifs is 1. The molecular weight excluding hydrogens is 390 g/mol. The number of rotatable bonds is 5. The van der Waals surface area contributed by atoms with Gasteiger partial charge in [-0.05, 0) is 62.4 Å². The minimum atomic E-state index is 0.0621. The molecule has 1 aliphatic rings. The summed E-state index contributed by atoms with van der Waals surface area (Å²) in [7, 11) is 3.29. The molecule has 1 aromatic heterocycles. The summed E-state index contributed by atoms with van der Waals surface area (Å²) in [6.07, 6.45) is 6.80. The van der Waals surface area contributed by atoms with Gasteiger partial charge in [0.25, 0.3) is 0 Å². The summed E-state index contributed by atoms with van der Waals surface area (Å²) in [6.45, 7) is 4.90. The van der Waals surface area contributed by atoms with Gasteiger partial charge in [0.15, 0.2) is 0 Å². The third-order valence-electron chi connectivity index (χ3n) is 6.13. The second-order valence-corrected chi connectivity index (χ2v) is 8.13. The minimum Gasteiger partial charge on any atom is -0.497 e. The largest absolute Gasteiger partial charge is 0.497 e. The van der Waals surface area contributed by atoms with E-state index < -0.39 is 0 Å². The predicted molar refractivity (Wildman–Crippen MR) is 123 cm³/mol. The second-order valence-electron chi connectivity index (χ2n) is 8.13. The summed E-state index contributed by atoms with van der Waals surface area (Å²) in [5.41, 5.74) is 4.48. The lowest BCUT2D eigenvalue weighted by molar-refractivity contribution is -0.129. The van der Waals surface area contributed by atoms with Crippen LogP contribution in [0.25, 0.3) is 27.7 Å². The van der Waals surface area contributed by atoms with Crippen LogP contribution in [-0.4, -0.2) is 37.6 Å². The first-order valence-corrected chi connectivity index (χ1v) is 10.7. The zero-order valence-corrected chi connectivity index (χ0v) is 18.6. The maximum absolute atomic E-state index is 12.9. The zero-order valence-electron chi connectivity index (χ0n) is 18.6. The van der Waals surface area contributed by atoms with E-state index in [-0.39, 0.29) is 11.9 Å². The van der Waals surface area contributed by atoms with Crippen molar-refractivity contribution < 1.29 is 18.7 Å². The lowest BCUT2D eigenvalue weighted by Gasteiger charge is -2.32. The number of benzene rings is 2. The van der Waals surface area contributed by atoms with Crippen molar-refractivity contribution in [3.63, 3.8) is 0 Å². The Balaban J connectivity index is 1.75. The number of ether oxygens (including phenoxy) is 2. The van der Waals surface area contributed by atoms with Gasteiger partial charge >= 0.3 is 0 Å². The first-order valence-electron chi connectivity index (χ1n) is 10.7. The molecule has 1 atom stereocenters. The van der Waals surface area contributed by atoms with Crippen molar-refractivity contribution in [2.24, 2.45) is 0 Å². The maximum atomic E-state index is 12.9. The average Bonchev–Trinajstić information content (AvgIpc) is 3.21. The summed E-state index contributed by atoms with van der Waals surface area (Å²) >= 11 is 0. The number of nitrogens with zero attached hydrogens (tertiary/aromatic N) is 1. The van der Waals surface area contributed by atoms with E-state index in [1.165, 1.54) is 6.42 Å². The van der Waals surface area contributed by atoms with Crippen LogP contribution in [0.3, 0.4) is 0 Å². The van der Waals surface area contributed by atoms with Crippen molar-refractivity contribution in [3.05, 3.63) is 54.3 Å². The number of carbonyl (C=O) groups excluding carboxylic acids is 1. The number of piperidine rings is 1. The molecule has 0 aliphatic carbocycles. The first-order chi connectivity index (χ1) is 15.0. The van der Waals surface area contributed by atoms with Gasteiger partial charge in [-0.3, -0.25) is 4.79 Å². The summed E-state index contributed by atoms with van der Waals surface area (Å²) in [5, 5.41) is 0.968. The van der Waals surface area contributed by atoms with Crippen LogP contribution in [0.2, 0.25) is 0 Å². The molecule has 5 heteroatoms. The van der Waals surface area contributed by atoms with E-state index >= 15 is 0 Å². The molecule has 2 aromatic carbocycles. The maximum Gasteiger partial charge on any atom is 0.247 e. The van der Waals surface area contributed by atoms with Crippen LogP contribution in [0.1, 0.15) is 38.7 Å². The molecule has 0 N–H and O–H groups in total. The molecule has 0 saturated carbocycles. The van der Waals surface area contributed by atoms with Gasteiger partial charge in [0.05, 0.1) is 20.5 Å². The molecule has 162 valence electrons. The molecular formula is C26H29NO4. The van der Waals surface area contributed by atoms with Gasteiger partial charge in [0.2, 0.25) is 5.91 Å². The van der Waals surface area contributed by atoms with E-state index in [1.54, 1.807) is 26.6 Å². The first kappa shape index (κ1) is 21.0. The number of hydrogen-bond donors (Lipinski definition) is 0. The Morgan fingerprint density at radius 1 is 1.16 bits per heavy atom. The van der Waals surface area contributed by atoms with Crippen LogP contribution in [0, 0.1) is 0 Å². The molecule has 0 spiro atoms. The molecule has 31 heavy (non-hydrogen) atoms. The number of hydrogen-bond acceptors (Lipinski definition) is 4. The topological polar surface area (TPSA) is 51.9 Å². The number of allylic oxidation sites excluding steroid dienone is 1. The van der Waals surface area contributed by atoms with Gasteiger partial charge in [-0.1, -0.05) is 12.1 Å². The average molecular weight is 420 g/mol. The van der Waals surface area contributed by atoms with Gasteiger partial charge in [-0.25, -0.2) is 0 Å². The molecule has 1 amide bonds. The van der Waals surface area contributed by atoms with E-state index in [9.17, 15) is 4.79 Å². The highest BCUT2D eigenvalue weighted by Crippen LogP contribution is 2.38. The van der Waals surface area contributed by atoms with Gasteiger partial charge in [0.1, 0.15) is 17.1 Å². The number of likely N-dealkylation sites (tertiary alicyclic amines) is 1. The fourth-order valence-electron chi connectivity index (χ4n) is 4.32. The molecule has 1 fully saturated rings. The van der Waals surface area contributed by atoms with Gasteiger partial charge in [-0.15, -0.1) is 0 Å². The summed E-state index contributed by atoms with van der Waals surface area (Å²) in [6, 6.07) is 12.1. The van der Waals surface area contributed by atoms with E-state index in [2.05, 4.69) is 6.92 Å². The van der Waals surface area contributed by atoms with Crippen molar-refractivity contribution in [1.82, 2.24) is 4.90 Å². The Hall–Kier alpha value is -3.21. The number of amides is 1. The van der Waals surface area contributed by atoms with E-state index in [1.807, 2.05) is 48.2 Å². The summed E-state index contributed by atoms with van der Waals surface area (Å²) in [4.78, 5) is 14.9. The fraction of sp³-hybridized carbons (Fsp3) is 0.346. The van der Waals surface area contributed by atoms with Crippen LogP contribution in [0.5, 0.6) is 11.5 Å². The van der Waals surface area contributed by atoms with Gasteiger partial charge < -0.3 is 18.8 Å². The molecule has 5 nitrogen and oxygen atoms in total. The van der Waals surface area contributed by atoms with Gasteiger partial charge in [0, 0.05) is 41.2 Å². The van der Waals surface area contributed by atoms with Crippen LogP contribution >= 0.6 is 0 Å². The van der Waals surface area contributed by atoms with Crippen LogP contribution in [0.15, 0.2) is 53.2 Å². The smallest absolute Gasteiger partial charge is 0.247 e. The van der Waals surface area contributed by atoms with Crippen LogP contribution in [0.4, 0.5) is 0 Å². The summed E-state index contributed by atoms with van der Waals surface area (Å²) < 4.78 is 16.8. The van der Waals surface area contributed by atoms with Crippen molar-refractivity contribution in [2.45, 2.75) is 39.2 Å². The number of furan rings is 1. The Bertz CT molecular complexity index is 1130. The quantitative estimate of drug-likeness (QED) is 0.482. The highest BCUT2D eigenvalue weighted by atomic mass is 16.5. The molecule has 1 unspecified atom stereocenters. The highest BCUT2D eigenvalue weighted by Gasteiger charge is 2.22. The zero-order chi connectivity index (χ0) is 22.0. The number of methoxy groups -OCH3 is 2. The molecule has 2 heterocycles. The van der Waals surface area contributed by atoms with Crippen LogP contribution < -0.4 is 9.47 Å². The standard InChI is InChI=1S/C26H29NO4/c1-17(12-26(28)27-11-6-5-8-18(27)2)21-14-22-23(16-31-25(22)15-24(21)30-4)19-9-7-10-20(13-19)29-3/h7,9-10,12-16,18H,5-6,8,11H2,1-4H3/b17-12+. The molecule has 1 saturated heterocycles. The van der Waals surface area contributed by atoms with Crippen molar-refractivity contribution in [1.29, 1.82) is 0 Å². The molecule has 1 aliphatic heterocycles. The Labute approximate surface area is 183 Å². The SMILES string of the molecule is COc1cccc(-c2coc3cc(OC)c(/C(C)=C/C(=O)N4CCCCC4C)cc23)c1. The second kappa shape index (κ2) is 8.88.